The average Bonchev–Trinajstić information content (AvgIpc) is 3.23. The molecule has 1 fully saturated rings. The van der Waals surface area contributed by atoms with Gasteiger partial charge in [-0.05, 0) is 43.4 Å². The molecule has 21 heavy (non-hydrogen) atoms. The molecule has 0 aliphatic heterocycles. The highest BCUT2D eigenvalue weighted by Gasteiger charge is 2.25. The summed E-state index contributed by atoms with van der Waals surface area (Å²) in [4.78, 5) is 0. The van der Waals surface area contributed by atoms with Crippen LogP contribution < -0.4 is 5.32 Å². The van der Waals surface area contributed by atoms with Crippen LogP contribution in [0.15, 0.2) is 24.3 Å². The molecule has 0 bridgehead atoms. The van der Waals surface area contributed by atoms with Crippen LogP contribution in [0.5, 0.6) is 0 Å². The highest BCUT2D eigenvalue weighted by Crippen LogP contribution is 2.21. The topological polar surface area (TPSA) is 21.3 Å². The third-order valence-corrected chi connectivity index (χ3v) is 3.46. The van der Waals surface area contributed by atoms with Crippen LogP contribution >= 0.6 is 0 Å². The van der Waals surface area contributed by atoms with Gasteiger partial charge in [-0.3, -0.25) is 0 Å². The minimum Gasteiger partial charge on any atom is -0.377 e. The van der Waals surface area contributed by atoms with Gasteiger partial charge in [0, 0.05) is 19.1 Å². The van der Waals surface area contributed by atoms with E-state index in [1.165, 1.54) is 18.4 Å². The third-order valence-electron chi connectivity index (χ3n) is 3.46. The van der Waals surface area contributed by atoms with E-state index in [1.807, 2.05) is 12.1 Å². The second-order valence-corrected chi connectivity index (χ2v) is 5.57. The van der Waals surface area contributed by atoms with Gasteiger partial charge in [0.05, 0.1) is 6.61 Å². The molecule has 1 saturated carbocycles. The molecule has 0 aromatic heterocycles. The molecule has 2 rings (SSSR count). The Balaban J connectivity index is 1.58. The van der Waals surface area contributed by atoms with Gasteiger partial charge in [0.1, 0.15) is 0 Å². The van der Waals surface area contributed by atoms with Crippen molar-refractivity contribution in [2.24, 2.45) is 0 Å². The Morgan fingerprint density at radius 1 is 1.10 bits per heavy atom. The van der Waals surface area contributed by atoms with Crippen LogP contribution in [-0.2, 0) is 17.8 Å². The lowest BCUT2D eigenvalue weighted by atomic mass is 10.1. The monoisotopic (exact) mass is 301 g/mol. The Morgan fingerprint density at radius 2 is 1.76 bits per heavy atom. The molecular formula is C16H22F3NO. The zero-order chi connectivity index (χ0) is 15.1. The fraction of sp³-hybridized carbons (Fsp3) is 0.625. The van der Waals surface area contributed by atoms with Crippen molar-refractivity contribution in [2.75, 3.05) is 13.2 Å². The molecule has 1 aromatic carbocycles. The van der Waals surface area contributed by atoms with Crippen molar-refractivity contribution in [3.63, 3.8) is 0 Å². The van der Waals surface area contributed by atoms with Crippen molar-refractivity contribution in [2.45, 2.75) is 50.9 Å². The van der Waals surface area contributed by atoms with E-state index in [9.17, 15) is 13.2 Å². The number of benzene rings is 1. The summed E-state index contributed by atoms with van der Waals surface area (Å²) in [5, 5.41) is 3.46. The summed E-state index contributed by atoms with van der Waals surface area (Å²) in [6, 6.07) is 8.81. The van der Waals surface area contributed by atoms with Crippen LogP contribution in [0.4, 0.5) is 13.2 Å². The van der Waals surface area contributed by atoms with Crippen LogP contribution in [0.2, 0.25) is 0 Å². The summed E-state index contributed by atoms with van der Waals surface area (Å²) < 4.78 is 41.1. The molecule has 0 spiro atoms. The first-order chi connectivity index (χ1) is 10.0. The van der Waals surface area contributed by atoms with Gasteiger partial charge < -0.3 is 10.1 Å². The van der Waals surface area contributed by atoms with Crippen LogP contribution in [0.3, 0.4) is 0 Å². The van der Waals surface area contributed by atoms with E-state index in [1.54, 1.807) is 0 Å². The van der Waals surface area contributed by atoms with E-state index < -0.39 is 12.6 Å². The van der Waals surface area contributed by atoms with Crippen molar-refractivity contribution in [1.82, 2.24) is 5.32 Å². The summed E-state index contributed by atoms with van der Waals surface area (Å²) >= 11 is 0. The number of nitrogens with one attached hydrogen (secondary N) is 1. The van der Waals surface area contributed by atoms with Crippen molar-refractivity contribution in [3.05, 3.63) is 35.4 Å². The number of ether oxygens (including phenoxy) is 1. The average molecular weight is 301 g/mol. The Morgan fingerprint density at radius 3 is 2.38 bits per heavy atom. The van der Waals surface area contributed by atoms with E-state index in [2.05, 4.69) is 17.4 Å². The van der Waals surface area contributed by atoms with E-state index >= 15 is 0 Å². The van der Waals surface area contributed by atoms with Gasteiger partial charge in [-0.1, -0.05) is 24.3 Å². The van der Waals surface area contributed by atoms with E-state index in [0.717, 1.165) is 24.6 Å². The maximum absolute atomic E-state index is 11.9. The highest BCUT2D eigenvalue weighted by atomic mass is 19.4. The smallest absolute Gasteiger partial charge is 0.377 e. The normalized spacial score (nSPS) is 15.4. The lowest BCUT2D eigenvalue weighted by Crippen LogP contribution is -2.19. The number of alkyl halides is 3. The Bertz CT molecular complexity index is 413. The quantitative estimate of drug-likeness (QED) is 0.700. The van der Waals surface area contributed by atoms with Gasteiger partial charge in [-0.25, -0.2) is 0 Å². The summed E-state index contributed by atoms with van der Waals surface area (Å²) in [6.07, 6.45) is -1.24. The minimum atomic E-state index is -4.08. The molecule has 0 atom stereocenters. The fourth-order valence-corrected chi connectivity index (χ4v) is 2.07. The molecule has 1 aliphatic carbocycles. The zero-order valence-electron chi connectivity index (χ0n) is 12.1. The molecule has 0 radical (unpaired) electrons. The Labute approximate surface area is 123 Å². The summed E-state index contributed by atoms with van der Waals surface area (Å²) in [6.45, 7) is 1.52. The maximum atomic E-state index is 11.9. The second-order valence-electron chi connectivity index (χ2n) is 5.57. The number of rotatable bonds is 9. The summed E-state index contributed by atoms with van der Waals surface area (Å²) in [5.74, 6) is 0. The molecule has 2 nitrogen and oxygen atoms in total. The molecule has 0 amide bonds. The SMILES string of the molecule is FC(F)(F)CCCOCc1ccc(CCNC2CC2)cc1. The van der Waals surface area contributed by atoms with Gasteiger partial charge in [-0.15, -0.1) is 0 Å². The van der Waals surface area contributed by atoms with Crippen LogP contribution in [0.1, 0.15) is 36.8 Å². The van der Waals surface area contributed by atoms with Crippen LogP contribution in [0, 0.1) is 0 Å². The first kappa shape index (κ1) is 16.3. The standard InChI is InChI=1S/C16H22F3NO/c17-16(18,19)9-1-11-21-12-14-4-2-13(3-5-14)8-10-20-15-6-7-15/h2-5,15,20H,1,6-12H2. The van der Waals surface area contributed by atoms with Crippen LogP contribution in [0.25, 0.3) is 0 Å². The lowest BCUT2D eigenvalue weighted by molar-refractivity contribution is -0.138. The highest BCUT2D eigenvalue weighted by molar-refractivity contribution is 5.22. The third kappa shape index (κ3) is 7.48. The van der Waals surface area contributed by atoms with E-state index in [-0.39, 0.29) is 13.0 Å². The first-order valence-electron chi connectivity index (χ1n) is 7.49. The Hall–Kier alpha value is -1.07. The minimum absolute atomic E-state index is 0.0222. The second kappa shape index (κ2) is 7.80. The zero-order valence-corrected chi connectivity index (χ0v) is 12.1. The van der Waals surface area contributed by atoms with Crippen molar-refractivity contribution < 1.29 is 17.9 Å². The van der Waals surface area contributed by atoms with Gasteiger partial charge in [0.2, 0.25) is 0 Å². The van der Waals surface area contributed by atoms with Gasteiger partial charge in [0.25, 0.3) is 0 Å². The number of halogens is 3. The molecule has 1 N–H and O–H groups in total. The predicted molar refractivity (Wildman–Crippen MR) is 76.1 cm³/mol. The van der Waals surface area contributed by atoms with Gasteiger partial charge >= 0.3 is 6.18 Å². The maximum Gasteiger partial charge on any atom is 0.389 e. The summed E-state index contributed by atoms with van der Waals surface area (Å²) in [5.41, 5.74) is 2.27. The molecule has 1 aromatic rings. The van der Waals surface area contributed by atoms with Crippen molar-refractivity contribution >= 4 is 0 Å². The molecule has 1 aliphatic rings. The van der Waals surface area contributed by atoms with Crippen LogP contribution in [-0.4, -0.2) is 25.4 Å². The molecule has 118 valence electrons. The number of hydrogen-bond donors (Lipinski definition) is 1. The lowest BCUT2D eigenvalue weighted by Gasteiger charge is -2.08. The molecule has 0 heterocycles. The summed E-state index contributed by atoms with van der Waals surface area (Å²) in [7, 11) is 0. The van der Waals surface area contributed by atoms with Gasteiger partial charge in [0.15, 0.2) is 0 Å². The molecule has 5 heteroatoms. The Kier molecular flexibility index (Phi) is 6.06. The molecule has 0 unspecified atom stereocenters. The molecular weight excluding hydrogens is 279 g/mol. The van der Waals surface area contributed by atoms with Gasteiger partial charge in [-0.2, -0.15) is 13.2 Å². The fourth-order valence-electron chi connectivity index (χ4n) is 2.07. The largest absolute Gasteiger partial charge is 0.389 e. The first-order valence-corrected chi connectivity index (χ1v) is 7.49. The van der Waals surface area contributed by atoms with E-state index in [4.69, 9.17) is 4.74 Å². The molecule has 0 saturated heterocycles. The van der Waals surface area contributed by atoms with Crippen molar-refractivity contribution in [3.8, 4) is 0 Å². The van der Waals surface area contributed by atoms with Crippen molar-refractivity contribution in [1.29, 1.82) is 0 Å². The number of hydrogen-bond acceptors (Lipinski definition) is 2. The predicted octanol–water partition coefficient (Wildman–Crippen LogP) is 3.84. The van der Waals surface area contributed by atoms with E-state index in [0.29, 0.717) is 6.61 Å².